The third-order valence-corrected chi connectivity index (χ3v) is 5.17. The Morgan fingerprint density at radius 3 is 2.10 bits per heavy atom. The molecule has 0 bridgehead atoms. The number of hydrogen-bond acceptors (Lipinski definition) is 3. The number of nitrogens with one attached hydrogen (secondary N) is 1. The van der Waals surface area contributed by atoms with Gasteiger partial charge in [-0.15, -0.1) is 0 Å². The molecule has 1 saturated heterocycles. The SMILES string of the molecule is CCCC(C)(CNC1CC1)CN1CCN(C(C)(C)C)CC1. The van der Waals surface area contributed by atoms with Crippen LogP contribution >= 0.6 is 0 Å². The van der Waals surface area contributed by atoms with Crippen molar-refractivity contribution in [2.75, 3.05) is 39.3 Å². The molecule has 2 fully saturated rings. The maximum Gasteiger partial charge on any atom is 0.0126 e. The van der Waals surface area contributed by atoms with Crippen molar-refractivity contribution in [2.45, 2.75) is 71.9 Å². The van der Waals surface area contributed by atoms with Crippen LogP contribution in [0.2, 0.25) is 0 Å². The standard InChI is InChI=1S/C18H37N3/c1-6-9-18(5,14-19-16-7-8-16)15-20-10-12-21(13-11-20)17(2,3)4/h16,19H,6-15H2,1-5H3. The summed E-state index contributed by atoms with van der Waals surface area (Å²) in [5.74, 6) is 0. The normalized spacial score (nSPS) is 25.0. The van der Waals surface area contributed by atoms with Crippen LogP contribution in [0.5, 0.6) is 0 Å². The predicted octanol–water partition coefficient (Wildman–Crippen LogP) is 2.96. The first kappa shape index (κ1) is 17.2. The second-order valence-corrected chi connectivity index (χ2v) is 8.65. The highest BCUT2D eigenvalue weighted by molar-refractivity contribution is 4.89. The molecule has 1 atom stereocenters. The Morgan fingerprint density at radius 2 is 1.62 bits per heavy atom. The minimum atomic E-state index is 0.326. The van der Waals surface area contributed by atoms with Crippen molar-refractivity contribution in [3.8, 4) is 0 Å². The van der Waals surface area contributed by atoms with E-state index in [1.807, 2.05) is 0 Å². The zero-order chi connectivity index (χ0) is 15.5. The fraction of sp³-hybridized carbons (Fsp3) is 1.00. The van der Waals surface area contributed by atoms with Crippen LogP contribution in [0, 0.1) is 5.41 Å². The van der Waals surface area contributed by atoms with Crippen molar-refractivity contribution >= 4 is 0 Å². The van der Waals surface area contributed by atoms with Gasteiger partial charge in [-0.05, 0) is 45.4 Å². The highest BCUT2D eigenvalue weighted by Gasteiger charge is 2.32. The maximum absolute atomic E-state index is 3.77. The summed E-state index contributed by atoms with van der Waals surface area (Å²) >= 11 is 0. The van der Waals surface area contributed by atoms with E-state index in [0.717, 1.165) is 6.04 Å². The minimum Gasteiger partial charge on any atom is -0.313 e. The molecule has 0 aromatic carbocycles. The molecule has 2 rings (SSSR count). The second-order valence-electron chi connectivity index (χ2n) is 8.65. The van der Waals surface area contributed by atoms with Crippen molar-refractivity contribution in [3.05, 3.63) is 0 Å². The number of rotatable bonds is 7. The number of nitrogens with zero attached hydrogens (tertiary/aromatic N) is 2. The van der Waals surface area contributed by atoms with Crippen LogP contribution in [0.1, 0.15) is 60.3 Å². The summed E-state index contributed by atoms with van der Waals surface area (Å²) in [5, 5.41) is 3.77. The summed E-state index contributed by atoms with van der Waals surface area (Å²) in [6.07, 6.45) is 5.43. The van der Waals surface area contributed by atoms with Gasteiger partial charge in [0.1, 0.15) is 0 Å². The van der Waals surface area contributed by atoms with Crippen LogP contribution in [0.25, 0.3) is 0 Å². The highest BCUT2D eigenvalue weighted by Crippen LogP contribution is 2.28. The minimum absolute atomic E-state index is 0.326. The molecule has 1 N–H and O–H groups in total. The van der Waals surface area contributed by atoms with Gasteiger partial charge in [-0.3, -0.25) is 4.90 Å². The summed E-state index contributed by atoms with van der Waals surface area (Å²) in [7, 11) is 0. The van der Waals surface area contributed by atoms with Crippen molar-refractivity contribution in [3.63, 3.8) is 0 Å². The molecule has 1 aliphatic carbocycles. The highest BCUT2D eigenvalue weighted by atomic mass is 15.3. The number of piperazine rings is 1. The Balaban J connectivity index is 1.80. The van der Waals surface area contributed by atoms with E-state index in [4.69, 9.17) is 0 Å². The first-order valence-corrected chi connectivity index (χ1v) is 9.03. The van der Waals surface area contributed by atoms with E-state index >= 15 is 0 Å². The summed E-state index contributed by atoms with van der Waals surface area (Å²) in [6, 6.07) is 0.832. The monoisotopic (exact) mass is 295 g/mol. The lowest BCUT2D eigenvalue weighted by Gasteiger charge is -2.44. The summed E-state index contributed by atoms with van der Waals surface area (Å²) in [5.41, 5.74) is 0.771. The van der Waals surface area contributed by atoms with Gasteiger partial charge in [-0.1, -0.05) is 20.3 Å². The van der Waals surface area contributed by atoms with Gasteiger partial charge in [-0.2, -0.15) is 0 Å². The third kappa shape index (κ3) is 5.54. The Hall–Kier alpha value is -0.120. The van der Waals surface area contributed by atoms with Crippen LogP contribution in [-0.4, -0.2) is 60.6 Å². The van der Waals surface area contributed by atoms with Crippen LogP contribution in [0.4, 0.5) is 0 Å². The summed E-state index contributed by atoms with van der Waals surface area (Å²) in [4.78, 5) is 5.33. The fourth-order valence-corrected chi connectivity index (χ4v) is 3.62. The molecule has 0 radical (unpaired) electrons. The van der Waals surface area contributed by atoms with Crippen molar-refractivity contribution in [2.24, 2.45) is 5.41 Å². The van der Waals surface area contributed by atoms with E-state index < -0.39 is 0 Å². The van der Waals surface area contributed by atoms with E-state index in [2.05, 4.69) is 49.7 Å². The van der Waals surface area contributed by atoms with Crippen LogP contribution in [0.3, 0.4) is 0 Å². The van der Waals surface area contributed by atoms with Gasteiger partial charge in [0.2, 0.25) is 0 Å². The average molecular weight is 296 g/mol. The van der Waals surface area contributed by atoms with E-state index in [9.17, 15) is 0 Å². The Morgan fingerprint density at radius 1 is 1.00 bits per heavy atom. The third-order valence-electron chi connectivity index (χ3n) is 5.17. The molecule has 3 heteroatoms. The van der Waals surface area contributed by atoms with Crippen molar-refractivity contribution < 1.29 is 0 Å². The first-order valence-electron chi connectivity index (χ1n) is 9.03. The van der Waals surface area contributed by atoms with Gasteiger partial charge < -0.3 is 10.2 Å². The molecule has 1 unspecified atom stereocenters. The van der Waals surface area contributed by atoms with Gasteiger partial charge in [-0.25, -0.2) is 0 Å². The van der Waals surface area contributed by atoms with Crippen molar-refractivity contribution in [1.29, 1.82) is 0 Å². The molecule has 124 valence electrons. The Bertz CT molecular complexity index is 311. The molecule has 0 aromatic rings. The molecular weight excluding hydrogens is 258 g/mol. The quantitative estimate of drug-likeness (QED) is 0.779. The van der Waals surface area contributed by atoms with E-state index in [0.29, 0.717) is 11.0 Å². The van der Waals surface area contributed by atoms with Crippen LogP contribution in [0.15, 0.2) is 0 Å². The molecule has 1 aliphatic heterocycles. The van der Waals surface area contributed by atoms with E-state index in [-0.39, 0.29) is 0 Å². The lowest BCUT2D eigenvalue weighted by Crippen LogP contribution is -2.55. The molecule has 0 aromatic heterocycles. The topological polar surface area (TPSA) is 18.5 Å². The van der Waals surface area contributed by atoms with Gasteiger partial charge in [0.15, 0.2) is 0 Å². The van der Waals surface area contributed by atoms with Crippen molar-refractivity contribution in [1.82, 2.24) is 15.1 Å². The van der Waals surface area contributed by atoms with Crippen LogP contribution < -0.4 is 5.32 Å². The van der Waals surface area contributed by atoms with E-state index in [1.54, 1.807) is 0 Å². The van der Waals surface area contributed by atoms with E-state index in [1.165, 1.54) is 65.0 Å². The van der Waals surface area contributed by atoms with Gasteiger partial charge in [0.05, 0.1) is 0 Å². The maximum atomic E-state index is 3.77. The zero-order valence-corrected chi connectivity index (χ0v) is 15.0. The summed E-state index contributed by atoms with van der Waals surface area (Å²) in [6.45, 7) is 19.2. The molecule has 0 spiro atoms. The van der Waals surface area contributed by atoms with Gasteiger partial charge >= 0.3 is 0 Å². The summed E-state index contributed by atoms with van der Waals surface area (Å²) < 4.78 is 0. The molecular formula is C18H37N3. The van der Waals surface area contributed by atoms with Gasteiger partial charge in [0, 0.05) is 50.8 Å². The van der Waals surface area contributed by atoms with Gasteiger partial charge in [0.25, 0.3) is 0 Å². The smallest absolute Gasteiger partial charge is 0.0126 e. The second kappa shape index (κ2) is 6.97. The molecule has 3 nitrogen and oxygen atoms in total. The zero-order valence-electron chi connectivity index (χ0n) is 15.0. The Kier molecular flexibility index (Phi) is 5.72. The number of hydrogen-bond donors (Lipinski definition) is 1. The predicted molar refractivity (Wildman–Crippen MR) is 91.8 cm³/mol. The average Bonchev–Trinajstić information content (AvgIpc) is 3.20. The molecule has 1 heterocycles. The fourth-order valence-electron chi connectivity index (χ4n) is 3.62. The Labute approximate surface area is 132 Å². The molecule has 2 aliphatic rings. The first-order chi connectivity index (χ1) is 9.82. The molecule has 0 amide bonds. The molecule has 1 saturated carbocycles. The largest absolute Gasteiger partial charge is 0.313 e. The van der Waals surface area contributed by atoms with Crippen LogP contribution in [-0.2, 0) is 0 Å². The lowest BCUT2D eigenvalue weighted by atomic mass is 9.84. The molecule has 21 heavy (non-hydrogen) atoms. The lowest BCUT2D eigenvalue weighted by molar-refractivity contribution is 0.0404.